The van der Waals surface area contributed by atoms with Crippen LogP contribution in [0.4, 0.5) is 24.7 Å². The molecule has 0 radical (unpaired) electrons. The van der Waals surface area contributed by atoms with E-state index in [0.29, 0.717) is 43.5 Å². The molecule has 0 aliphatic carbocycles. The Labute approximate surface area is 192 Å². The first-order chi connectivity index (χ1) is 16.4. The van der Waals surface area contributed by atoms with Gasteiger partial charge >= 0.3 is 6.18 Å². The van der Waals surface area contributed by atoms with Crippen LogP contribution in [0.15, 0.2) is 60.9 Å². The van der Waals surface area contributed by atoms with Gasteiger partial charge in [0.05, 0.1) is 30.7 Å². The lowest BCUT2D eigenvalue weighted by Gasteiger charge is -2.27. The standard InChI is InChI=1S/C23H19F3N6O2/c24-23(25,26)17-4-2-1-3-16(17)18-5-6-20-28-14-19(32(20)30-18)22(33)29-15-7-8-27-21(13-15)31-9-11-34-12-10-31/h1-8,13-14H,9-12H2,(H,27,29,33). The van der Waals surface area contributed by atoms with Crippen molar-refractivity contribution in [3.63, 3.8) is 0 Å². The van der Waals surface area contributed by atoms with Gasteiger partial charge in [-0.15, -0.1) is 0 Å². The number of morpholine rings is 1. The lowest BCUT2D eigenvalue weighted by atomic mass is 10.0. The number of nitrogens with one attached hydrogen (secondary N) is 1. The van der Waals surface area contributed by atoms with Gasteiger partial charge in [0.15, 0.2) is 11.3 Å². The predicted molar refractivity (Wildman–Crippen MR) is 119 cm³/mol. The predicted octanol–water partition coefficient (Wildman–Crippen LogP) is 3.90. The van der Waals surface area contributed by atoms with E-state index in [0.717, 1.165) is 6.07 Å². The molecule has 4 aromatic rings. The first-order valence-electron chi connectivity index (χ1n) is 10.5. The number of carbonyl (C=O) groups is 1. The number of hydrogen-bond donors (Lipinski definition) is 1. The van der Waals surface area contributed by atoms with E-state index in [1.165, 1.54) is 41.0 Å². The van der Waals surface area contributed by atoms with E-state index < -0.39 is 17.6 Å². The molecule has 1 saturated heterocycles. The van der Waals surface area contributed by atoms with Crippen molar-refractivity contribution in [2.75, 3.05) is 36.5 Å². The molecule has 1 fully saturated rings. The van der Waals surface area contributed by atoms with Gasteiger partial charge in [0.25, 0.3) is 5.91 Å². The second-order valence-electron chi connectivity index (χ2n) is 7.63. The number of pyridine rings is 1. The van der Waals surface area contributed by atoms with Crippen LogP contribution in [0.3, 0.4) is 0 Å². The first-order valence-corrected chi connectivity index (χ1v) is 10.5. The number of fused-ring (bicyclic) bond motifs is 1. The Balaban J connectivity index is 1.45. The van der Waals surface area contributed by atoms with Crippen LogP contribution in [-0.4, -0.2) is 51.8 Å². The molecule has 0 atom stereocenters. The fourth-order valence-corrected chi connectivity index (χ4v) is 3.78. The number of aromatic nitrogens is 4. The van der Waals surface area contributed by atoms with Crippen molar-refractivity contribution in [1.82, 2.24) is 19.6 Å². The summed E-state index contributed by atoms with van der Waals surface area (Å²) in [5, 5.41) is 7.09. The minimum atomic E-state index is -4.54. The number of carbonyl (C=O) groups excluding carboxylic acids is 1. The van der Waals surface area contributed by atoms with E-state index in [1.807, 2.05) is 0 Å². The highest BCUT2D eigenvalue weighted by Crippen LogP contribution is 2.36. The zero-order valence-corrected chi connectivity index (χ0v) is 17.8. The molecule has 8 nitrogen and oxygen atoms in total. The molecular formula is C23H19F3N6O2. The Kier molecular flexibility index (Phi) is 5.62. The molecule has 174 valence electrons. The maximum Gasteiger partial charge on any atom is 0.417 e. The molecule has 0 saturated carbocycles. The van der Waals surface area contributed by atoms with Gasteiger partial charge in [-0.2, -0.15) is 18.3 Å². The van der Waals surface area contributed by atoms with Gasteiger partial charge in [0.2, 0.25) is 0 Å². The van der Waals surface area contributed by atoms with Crippen LogP contribution in [0.1, 0.15) is 16.1 Å². The lowest BCUT2D eigenvalue weighted by Crippen LogP contribution is -2.36. The van der Waals surface area contributed by atoms with Crippen molar-refractivity contribution >= 4 is 23.1 Å². The van der Waals surface area contributed by atoms with Gasteiger partial charge in [-0.05, 0) is 24.3 Å². The van der Waals surface area contributed by atoms with E-state index >= 15 is 0 Å². The topological polar surface area (TPSA) is 84.7 Å². The quantitative estimate of drug-likeness (QED) is 0.489. The summed E-state index contributed by atoms with van der Waals surface area (Å²) in [5.74, 6) is 0.212. The zero-order chi connectivity index (χ0) is 23.7. The summed E-state index contributed by atoms with van der Waals surface area (Å²) in [6.07, 6.45) is -1.61. The molecule has 34 heavy (non-hydrogen) atoms. The third-order valence-electron chi connectivity index (χ3n) is 5.44. The fourth-order valence-electron chi connectivity index (χ4n) is 3.78. The smallest absolute Gasteiger partial charge is 0.378 e. The number of alkyl halides is 3. The molecule has 1 aliphatic rings. The minimum Gasteiger partial charge on any atom is -0.378 e. The Morgan fingerprint density at radius 1 is 1.03 bits per heavy atom. The number of imidazole rings is 1. The summed E-state index contributed by atoms with van der Waals surface area (Å²) in [5.41, 5.74) is 0.135. The van der Waals surface area contributed by atoms with Crippen LogP contribution in [0.25, 0.3) is 16.9 Å². The molecule has 1 aromatic carbocycles. The van der Waals surface area contributed by atoms with Gasteiger partial charge in [0.1, 0.15) is 5.82 Å². The number of hydrogen-bond acceptors (Lipinski definition) is 6. The first kappa shape index (κ1) is 21.8. The Morgan fingerprint density at radius 2 is 1.82 bits per heavy atom. The van der Waals surface area contributed by atoms with E-state index in [4.69, 9.17) is 4.74 Å². The highest BCUT2D eigenvalue weighted by Gasteiger charge is 2.33. The largest absolute Gasteiger partial charge is 0.417 e. The van der Waals surface area contributed by atoms with E-state index in [1.54, 1.807) is 18.3 Å². The third-order valence-corrected chi connectivity index (χ3v) is 5.44. The fraction of sp³-hybridized carbons (Fsp3) is 0.217. The van der Waals surface area contributed by atoms with Crippen LogP contribution in [0.2, 0.25) is 0 Å². The summed E-state index contributed by atoms with van der Waals surface area (Å²) >= 11 is 0. The molecule has 0 spiro atoms. The van der Waals surface area contributed by atoms with E-state index in [2.05, 4.69) is 25.3 Å². The van der Waals surface area contributed by atoms with Crippen LogP contribution >= 0.6 is 0 Å². The molecule has 1 aliphatic heterocycles. The van der Waals surface area contributed by atoms with Gasteiger partial charge < -0.3 is 15.0 Å². The lowest BCUT2D eigenvalue weighted by molar-refractivity contribution is -0.137. The molecule has 5 rings (SSSR count). The van der Waals surface area contributed by atoms with Gasteiger partial charge in [-0.25, -0.2) is 14.5 Å². The van der Waals surface area contributed by atoms with E-state index in [-0.39, 0.29) is 17.0 Å². The zero-order valence-electron chi connectivity index (χ0n) is 17.8. The summed E-state index contributed by atoms with van der Waals surface area (Å²) in [6, 6.07) is 11.6. The maximum atomic E-state index is 13.5. The van der Waals surface area contributed by atoms with Crippen molar-refractivity contribution < 1.29 is 22.7 Å². The number of anilines is 2. The molecule has 3 aromatic heterocycles. The van der Waals surface area contributed by atoms with Crippen LogP contribution in [0.5, 0.6) is 0 Å². The van der Waals surface area contributed by atoms with Crippen LogP contribution < -0.4 is 10.2 Å². The highest BCUT2D eigenvalue weighted by molar-refractivity contribution is 6.03. The van der Waals surface area contributed by atoms with Crippen molar-refractivity contribution in [2.45, 2.75) is 6.18 Å². The molecule has 11 heteroatoms. The summed E-state index contributed by atoms with van der Waals surface area (Å²) in [6.45, 7) is 2.60. The second kappa shape index (κ2) is 8.75. The SMILES string of the molecule is O=C(Nc1ccnc(N2CCOCC2)c1)c1cnc2ccc(-c3ccccc3C(F)(F)F)nn12. The molecule has 1 N–H and O–H groups in total. The summed E-state index contributed by atoms with van der Waals surface area (Å²) in [4.78, 5) is 23.6. The normalized spacial score (nSPS) is 14.4. The highest BCUT2D eigenvalue weighted by atomic mass is 19.4. The van der Waals surface area contributed by atoms with Crippen molar-refractivity contribution in [3.8, 4) is 11.3 Å². The van der Waals surface area contributed by atoms with Crippen molar-refractivity contribution in [2.24, 2.45) is 0 Å². The molecular weight excluding hydrogens is 449 g/mol. The van der Waals surface area contributed by atoms with E-state index in [9.17, 15) is 18.0 Å². The average Bonchev–Trinajstić information content (AvgIpc) is 3.28. The van der Waals surface area contributed by atoms with Gasteiger partial charge in [-0.1, -0.05) is 18.2 Å². The van der Waals surface area contributed by atoms with Gasteiger partial charge in [-0.3, -0.25) is 4.79 Å². The summed E-state index contributed by atoms with van der Waals surface area (Å²) in [7, 11) is 0. The van der Waals surface area contributed by atoms with Gasteiger partial charge in [0, 0.05) is 36.6 Å². The Hall–Kier alpha value is -3.99. The minimum absolute atomic E-state index is 0.0750. The summed E-state index contributed by atoms with van der Waals surface area (Å²) < 4.78 is 47.0. The monoisotopic (exact) mass is 468 g/mol. The molecule has 4 heterocycles. The Bertz CT molecular complexity index is 1350. The second-order valence-corrected chi connectivity index (χ2v) is 7.63. The third kappa shape index (κ3) is 4.29. The van der Waals surface area contributed by atoms with Crippen molar-refractivity contribution in [3.05, 3.63) is 72.2 Å². The molecule has 0 bridgehead atoms. The number of benzene rings is 1. The van der Waals surface area contributed by atoms with Crippen LogP contribution in [0, 0.1) is 0 Å². The molecule has 0 unspecified atom stereocenters. The molecule has 1 amide bonds. The number of rotatable bonds is 4. The number of ether oxygens (including phenoxy) is 1. The number of nitrogens with zero attached hydrogens (tertiary/aromatic N) is 5. The maximum absolute atomic E-state index is 13.5. The van der Waals surface area contributed by atoms with Crippen LogP contribution in [-0.2, 0) is 10.9 Å². The number of amides is 1. The Morgan fingerprint density at radius 3 is 2.62 bits per heavy atom. The average molecular weight is 468 g/mol. The number of halogens is 3. The van der Waals surface area contributed by atoms with Crippen molar-refractivity contribution in [1.29, 1.82) is 0 Å².